The van der Waals surface area contributed by atoms with Gasteiger partial charge in [0.2, 0.25) is 5.95 Å². The van der Waals surface area contributed by atoms with E-state index in [2.05, 4.69) is 10.3 Å². The molecule has 0 aliphatic rings. The van der Waals surface area contributed by atoms with Crippen LogP contribution in [0.4, 0.5) is 11.6 Å². The molecule has 31 heavy (non-hydrogen) atoms. The van der Waals surface area contributed by atoms with Crippen molar-refractivity contribution >= 4 is 29.1 Å². The van der Waals surface area contributed by atoms with Gasteiger partial charge < -0.3 is 16.8 Å². The molecule has 2 aromatic carbocycles. The Bertz CT molecular complexity index is 1170. The van der Waals surface area contributed by atoms with Crippen molar-refractivity contribution in [2.75, 3.05) is 17.6 Å². The molecule has 0 atom stereocenters. The van der Waals surface area contributed by atoms with Crippen LogP contribution >= 0.6 is 11.6 Å². The third-order valence-corrected chi connectivity index (χ3v) is 4.88. The Kier molecular flexibility index (Phi) is 7.09. The van der Waals surface area contributed by atoms with Gasteiger partial charge in [0.15, 0.2) is 0 Å². The van der Waals surface area contributed by atoms with Gasteiger partial charge in [0.25, 0.3) is 0 Å². The molecule has 1 heterocycles. The number of amidine groups is 1. The quantitative estimate of drug-likeness (QED) is 0.172. The Labute approximate surface area is 183 Å². The second-order valence-electron chi connectivity index (χ2n) is 7.10. The summed E-state index contributed by atoms with van der Waals surface area (Å²) in [6.45, 7) is 0.699. The molecule has 3 aromatic rings. The third-order valence-electron chi connectivity index (χ3n) is 4.63. The summed E-state index contributed by atoms with van der Waals surface area (Å²) in [5.41, 5.74) is 12.2. The number of rotatable bonds is 9. The summed E-state index contributed by atoms with van der Waals surface area (Å²) in [5.74, 6) is 0.245. The van der Waals surface area contributed by atoms with Crippen molar-refractivity contribution < 1.29 is 0 Å². The summed E-state index contributed by atoms with van der Waals surface area (Å²) >= 11 is 5.92. The topological polar surface area (TPSA) is 145 Å². The van der Waals surface area contributed by atoms with Gasteiger partial charge in [-0.25, -0.2) is 14.2 Å². The number of nitrogens with one attached hydrogen (secondary N) is 2. The molecule has 9 nitrogen and oxygen atoms in total. The lowest BCUT2D eigenvalue weighted by Crippen LogP contribution is -2.43. The van der Waals surface area contributed by atoms with Crippen molar-refractivity contribution in [2.45, 2.75) is 25.9 Å². The van der Waals surface area contributed by atoms with E-state index >= 15 is 0 Å². The van der Waals surface area contributed by atoms with Crippen molar-refractivity contribution in [3.8, 4) is 0 Å². The van der Waals surface area contributed by atoms with Crippen molar-refractivity contribution in [2.24, 2.45) is 5.73 Å². The number of aromatic nitrogens is 3. The second-order valence-corrected chi connectivity index (χ2v) is 7.53. The van der Waals surface area contributed by atoms with E-state index in [1.54, 1.807) is 36.4 Å². The second kappa shape index (κ2) is 9.94. The molecule has 10 heteroatoms. The van der Waals surface area contributed by atoms with E-state index in [0.717, 1.165) is 15.7 Å². The Morgan fingerprint density at radius 2 is 1.58 bits per heavy atom. The van der Waals surface area contributed by atoms with Crippen LogP contribution in [0.5, 0.6) is 0 Å². The zero-order chi connectivity index (χ0) is 22.4. The van der Waals surface area contributed by atoms with E-state index in [1.165, 1.54) is 4.57 Å². The van der Waals surface area contributed by atoms with Gasteiger partial charge in [0.1, 0.15) is 0 Å². The highest BCUT2D eigenvalue weighted by atomic mass is 35.5. The molecule has 0 spiro atoms. The van der Waals surface area contributed by atoms with Crippen LogP contribution in [0.25, 0.3) is 0 Å². The van der Waals surface area contributed by atoms with Crippen LogP contribution in [0.2, 0.25) is 5.02 Å². The Morgan fingerprint density at radius 3 is 2.19 bits per heavy atom. The fourth-order valence-electron chi connectivity index (χ4n) is 3.00. The first-order valence-electron chi connectivity index (χ1n) is 9.71. The van der Waals surface area contributed by atoms with Crippen molar-refractivity contribution in [3.63, 3.8) is 0 Å². The average molecular weight is 442 g/mol. The summed E-state index contributed by atoms with van der Waals surface area (Å²) in [5, 5.41) is 10.9. The highest BCUT2D eigenvalue weighted by Gasteiger charge is 2.14. The maximum absolute atomic E-state index is 13.2. The molecule has 0 radical (unpaired) electrons. The average Bonchev–Trinajstić information content (AvgIpc) is 2.73. The normalized spacial score (nSPS) is 10.7. The minimum absolute atomic E-state index is 0.0763. The van der Waals surface area contributed by atoms with Crippen molar-refractivity contribution in [1.82, 2.24) is 14.1 Å². The molecular formula is C21H24ClN7O2. The Balaban J connectivity index is 1.96. The van der Waals surface area contributed by atoms with Crippen LogP contribution in [-0.2, 0) is 13.1 Å². The van der Waals surface area contributed by atoms with Crippen LogP contribution < -0.4 is 28.2 Å². The first kappa shape index (κ1) is 22.1. The maximum atomic E-state index is 13.2. The van der Waals surface area contributed by atoms with Gasteiger partial charge in [-0.05, 0) is 41.8 Å². The monoisotopic (exact) mass is 441 g/mol. The zero-order valence-corrected chi connectivity index (χ0v) is 17.6. The first-order chi connectivity index (χ1) is 14.8. The molecule has 0 saturated carbocycles. The molecule has 0 unspecified atom stereocenters. The molecule has 6 N–H and O–H groups in total. The summed E-state index contributed by atoms with van der Waals surface area (Å²) in [6.07, 6.45) is 0.976. The highest BCUT2D eigenvalue weighted by molar-refractivity contribution is 6.30. The standard InChI is InChI=1S/C21H24ClN7O2/c22-16-7-3-14(4-8-16)13-29-20(30)27-19(26-11-1-2-18(24)25)28(21(29)31)12-15-5-9-17(23)10-6-15/h3-10H,1-2,11-13,23H2,(H3,24,25)(H,26,27,30). The highest BCUT2D eigenvalue weighted by Crippen LogP contribution is 2.11. The van der Waals surface area contributed by atoms with Crippen LogP contribution in [0.1, 0.15) is 24.0 Å². The van der Waals surface area contributed by atoms with E-state index in [1.807, 2.05) is 12.1 Å². The van der Waals surface area contributed by atoms with Crippen molar-refractivity contribution in [1.29, 1.82) is 5.41 Å². The third kappa shape index (κ3) is 5.95. The molecule has 162 valence electrons. The summed E-state index contributed by atoms with van der Waals surface area (Å²) in [4.78, 5) is 30.0. The molecule has 1 aromatic heterocycles. The molecule has 0 amide bonds. The summed E-state index contributed by atoms with van der Waals surface area (Å²) in [7, 11) is 0. The van der Waals surface area contributed by atoms with Crippen LogP contribution in [0.3, 0.4) is 0 Å². The Morgan fingerprint density at radius 1 is 1.00 bits per heavy atom. The van der Waals surface area contributed by atoms with Crippen LogP contribution in [0, 0.1) is 5.41 Å². The molecule has 0 saturated heterocycles. The minimum atomic E-state index is -0.650. The maximum Gasteiger partial charge on any atom is 0.355 e. The SMILES string of the molecule is N=C(N)CCCNc1nc(=O)n(Cc2ccc(Cl)cc2)c(=O)n1Cc1ccc(N)cc1. The lowest BCUT2D eigenvalue weighted by molar-refractivity contribution is 0.585. The van der Waals surface area contributed by atoms with Gasteiger partial charge in [-0.2, -0.15) is 4.98 Å². The fraction of sp³-hybridized carbons (Fsp3) is 0.238. The lowest BCUT2D eigenvalue weighted by Gasteiger charge is -2.16. The smallest absolute Gasteiger partial charge is 0.355 e. The number of anilines is 2. The number of nitrogens with zero attached hydrogens (tertiary/aromatic N) is 3. The zero-order valence-electron chi connectivity index (χ0n) is 16.8. The van der Waals surface area contributed by atoms with E-state index < -0.39 is 11.4 Å². The van der Waals surface area contributed by atoms with E-state index in [4.69, 9.17) is 28.5 Å². The predicted octanol–water partition coefficient (Wildman–Crippen LogP) is 1.87. The molecule has 0 aliphatic heterocycles. The molecule has 0 aliphatic carbocycles. The van der Waals surface area contributed by atoms with Crippen molar-refractivity contribution in [3.05, 3.63) is 85.6 Å². The molecule has 3 rings (SSSR count). The minimum Gasteiger partial charge on any atom is -0.399 e. The summed E-state index contributed by atoms with van der Waals surface area (Å²) < 4.78 is 2.50. The van der Waals surface area contributed by atoms with E-state index in [0.29, 0.717) is 30.1 Å². The van der Waals surface area contributed by atoms with Gasteiger partial charge in [0, 0.05) is 23.7 Å². The van der Waals surface area contributed by atoms with Gasteiger partial charge >= 0.3 is 11.4 Å². The number of nitrogens with two attached hydrogens (primary N) is 2. The summed E-state index contributed by atoms with van der Waals surface area (Å²) in [6, 6.07) is 14.0. The van der Waals surface area contributed by atoms with Gasteiger partial charge in [-0.3, -0.25) is 9.98 Å². The first-order valence-corrected chi connectivity index (χ1v) is 10.1. The van der Waals surface area contributed by atoms with Gasteiger partial charge in [0.05, 0.1) is 18.9 Å². The largest absolute Gasteiger partial charge is 0.399 e. The fourth-order valence-corrected chi connectivity index (χ4v) is 3.13. The Hall–Kier alpha value is -3.59. The lowest BCUT2D eigenvalue weighted by atomic mass is 10.2. The number of nitrogen functional groups attached to an aromatic ring is 1. The van der Waals surface area contributed by atoms with Crippen LogP contribution in [0.15, 0.2) is 58.1 Å². The molecule has 0 fully saturated rings. The number of hydrogen-bond donors (Lipinski definition) is 4. The molecular weight excluding hydrogens is 418 g/mol. The predicted molar refractivity (Wildman–Crippen MR) is 123 cm³/mol. The number of halogens is 1. The van der Waals surface area contributed by atoms with E-state index in [9.17, 15) is 9.59 Å². The van der Waals surface area contributed by atoms with Gasteiger partial charge in [-0.1, -0.05) is 35.9 Å². The van der Waals surface area contributed by atoms with Crippen LogP contribution in [-0.4, -0.2) is 26.5 Å². The van der Waals surface area contributed by atoms with Gasteiger partial charge in [-0.15, -0.1) is 0 Å². The number of hydrogen-bond acceptors (Lipinski definition) is 6. The van der Waals surface area contributed by atoms with E-state index in [-0.39, 0.29) is 24.9 Å². The number of benzene rings is 2. The molecule has 0 bridgehead atoms.